The molecule has 0 aliphatic carbocycles. The third kappa shape index (κ3) is 6.34. The van der Waals surface area contributed by atoms with E-state index in [2.05, 4.69) is 6.07 Å². The molecule has 0 unspecified atom stereocenters. The summed E-state index contributed by atoms with van der Waals surface area (Å²) in [5.74, 6) is 0.600. The fourth-order valence-electron chi connectivity index (χ4n) is 4.28. The van der Waals surface area contributed by atoms with Crippen molar-refractivity contribution in [3.8, 4) is 28.3 Å². The number of aryl methyl sites for hydroxylation is 1. The Hall–Kier alpha value is -3.58. The highest BCUT2D eigenvalue weighted by Gasteiger charge is 2.22. The van der Waals surface area contributed by atoms with E-state index in [1.807, 2.05) is 31.2 Å². The van der Waals surface area contributed by atoms with E-state index in [1.165, 1.54) is 0 Å². The number of benzene rings is 2. The number of nitrogens with zero attached hydrogens (tertiary/aromatic N) is 1. The molecule has 7 heteroatoms. The number of methoxy groups -OCH3 is 1. The lowest BCUT2D eigenvalue weighted by Crippen LogP contribution is -2.26. The van der Waals surface area contributed by atoms with Crippen LogP contribution < -0.4 is 15.0 Å². The van der Waals surface area contributed by atoms with Crippen LogP contribution in [0.3, 0.4) is 0 Å². The molecular weight excluding hydrogens is 458 g/mol. The quantitative estimate of drug-likeness (QED) is 0.527. The second-order valence-corrected chi connectivity index (χ2v) is 9.92. The van der Waals surface area contributed by atoms with E-state index in [0.717, 1.165) is 35.3 Å². The number of aliphatic hydroxyl groups is 1. The summed E-state index contributed by atoms with van der Waals surface area (Å²) in [6.45, 7) is 9.50. The number of hydrogen-bond donors (Lipinski definition) is 2. The fourth-order valence-corrected chi connectivity index (χ4v) is 4.28. The topological polar surface area (TPSA) is 98.0 Å². The number of carbonyl (C=O) groups is 1. The molecule has 1 aliphatic rings. The van der Waals surface area contributed by atoms with E-state index in [1.54, 1.807) is 51.5 Å². The summed E-state index contributed by atoms with van der Waals surface area (Å²) < 4.78 is 12.6. The molecule has 4 rings (SSSR count). The van der Waals surface area contributed by atoms with Crippen LogP contribution in [0.5, 0.6) is 11.5 Å². The first-order valence-electron chi connectivity index (χ1n) is 12.0. The highest BCUT2D eigenvalue weighted by Crippen LogP contribution is 2.35. The van der Waals surface area contributed by atoms with Gasteiger partial charge in [0.15, 0.2) is 0 Å². The van der Waals surface area contributed by atoms with Gasteiger partial charge in [0, 0.05) is 22.5 Å². The summed E-state index contributed by atoms with van der Waals surface area (Å²) in [6, 6.07) is 13.2. The lowest BCUT2D eigenvalue weighted by Gasteiger charge is -2.22. The monoisotopic (exact) mass is 493 g/mol. The van der Waals surface area contributed by atoms with Crippen molar-refractivity contribution in [3.63, 3.8) is 0 Å². The minimum Gasteiger partial charge on any atom is -0.497 e. The number of aliphatic carboxylic acids is 1. The van der Waals surface area contributed by atoms with Gasteiger partial charge >= 0.3 is 5.97 Å². The first-order valence-corrected chi connectivity index (χ1v) is 12.0. The van der Waals surface area contributed by atoms with Gasteiger partial charge in [0.1, 0.15) is 11.5 Å². The van der Waals surface area contributed by atoms with E-state index in [9.17, 15) is 14.7 Å². The van der Waals surface area contributed by atoms with Crippen LogP contribution in [0.4, 0.5) is 0 Å². The van der Waals surface area contributed by atoms with Crippen LogP contribution in [0.1, 0.15) is 49.6 Å². The normalized spacial score (nSPS) is 12.6. The van der Waals surface area contributed by atoms with Gasteiger partial charge in [0.2, 0.25) is 0 Å². The van der Waals surface area contributed by atoms with Gasteiger partial charge in [0.25, 0.3) is 5.56 Å². The average Bonchev–Trinajstić information content (AvgIpc) is 2.81. The summed E-state index contributed by atoms with van der Waals surface area (Å²) in [4.78, 5) is 24.9. The molecule has 7 nitrogen and oxygen atoms in total. The highest BCUT2D eigenvalue weighted by atomic mass is 16.5. The Morgan fingerprint density at radius 1 is 1.11 bits per heavy atom. The summed E-state index contributed by atoms with van der Waals surface area (Å²) in [5, 5.41) is 18.1. The number of hydrogen-bond acceptors (Lipinski definition) is 5. The van der Waals surface area contributed by atoms with Crippen LogP contribution in [0.15, 0.2) is 47.3 Å². The van der Waals surface area contributed by atoms with Gasteiger partial charge in [-0.25, -0.2) is 0 Å². The molecule has 2 N–H and O–H groups in total. The molecule has 2 aromatic carbocycles. The molecule has 0 fully saturated rings. The number of rotatable bonds is 5. The van der Waals surface area contributed by atoms with Crippen LogP contribution in [0.2, 0.25) is 0 Å². The number of carboxylic acids is 1. The first kappa shape index (κ1) is 27.0. The van der Waals surface area contributed by atoms with Gasteiger partial charge in [-0.15, -0.1) is 0 Å². The number of aromatic nitrogens is 1. The Labute approximate surface area is 211 Å². The molecule has 1 aromatic heterocycles. The van der Waals surface area contributed by atoms with Gasteiger partial charge in [-0.1, -0.05) is 6.07 Å². The second-order valence-electron chi connectivity index (χ2n) is 9.92. The molecule has 3 aromatic rings. The van der Waals surface area contributed by atoms with Gasteiger partial charge < -0.3 is 19.7 Å². The van der Waals surface area contributed by atoms with Crippen LogP contribution in [-0.2, 0) is 17.6 Å². The van der Waals surface area contributed by atoms with Gasteiger partial charge in [-0.3, -0.25) is 14.2 Å². The predicted octanol–water partition coefficient (Wildman–Crippen LogP) is 4.86. The smallest absolute Gasteiger partial charge is 0.307 e. The molecular formula is C29H35NO6. The van der Waals surface area contributed by atoms with Gasteiger partial charge in [0.05, 0.1) is 25.7 Å². The number of ether oxygens (including phenoxy) is 2. The Bertz CT molecular complexity index is 1290. The van der Waals surface area contributed by atoms with Crippen molar-refractivity contribution >= 4 is 5.97 Å². The molecule has 0 atom stereocenters. The molecule has 2 heterocycles. The summed E-state index contributed by atoms with van der Waals surface area (Å²) in [5.41, 5.74) is 4.45. The van der Waals surface area contributed by atoms with Crippen molar-refractivity contribution in [2.24, 2.45) is 0 Å². The first-order chi connectivity index (χ1) is 16.9. The van der Waals surface area contributed by atoms with Crippen LogP contribution >= 0.6 is 0 Å². The molecule has 0 bridgehead atoms. The molecule has 0 radical (unpaired) electrons. The number of carboxylic acid groups (broad SMARTS) is 1. The molecule has 192 valence electrons. The summed E-state index contributed by atoms with van der Waals surface area (Å²) >= 11 is 0. The average molecular weight is 494 g/mol. The van der Waals surface area contributed by atoms with Crippen LogP contribution in [0.25, 0.3) is 16.8 Å². The van der Waals surface area contributed by atoms with Crippen molar-refractivity contribution in [3.05, 3.63) is 75.2 Å². The van der Waals surface area contributed by atoms with Crippen molar-refractivity contribution < 1.29 is 24.5 Å². The standard InChI is InChI=1S/C25H25NO5.C4H10O/c1-15-21(14-23(27)28)24(18-6-11-22-17(13-18)5-4-12-31-22)16(2)26(25(15)29)19-7-9-20(30-3)10-8-19;1-4(2,3)5/h6-11,13H,4-5,12,14H2,1-3H3,(H,27,28);5H,1-3H3. The zero-order valence-electron chi connectivity index (χ0n) is 21.8. The predicted molar refractivity (Wildman–Crippen MR) is 141 cm³/mol. The fraction of sp³-hybridized carbons (Fsp3) is 0.379. The lowest BCUT2D eigenvalue weighted by atomic mass is 9.91. The third-order valence-electron chi connectivity index (χ3n) is 5.83. The molecule has 0 amide bonds. The highest BCUT2D eigenvalue weighted by molar-refractivity contribution is 5.80. The van der Waals surface area contributed by atoms with Crippen molar-refractivity contribution in [1.82, 2.24) is 4.57 Å². The van der Waals surface area contributed by atoms with E-state index in [-0.39, 0.29) is 12.0 Å². The van der Waals surface area contributed by atoms with Gasteiger partial charge in [-0.05, 0) is 101 Å². The zero-order chi connectivity index (χ0) is 26.6. The minimum absolute atomic E-state index is 0.214. The lowest BCUT2D eigenvalue weighted by molar-refractivity contribution is -0.136. The third-order valence-corrected chi connectivity index (χ3v) is 5.83. The summed E-state index contributed by atoms with van der Waals surface area (Å²) in [6.07, 6.45) is 1.64. The molecule has 1 aliphatic heterocycles. The molecule has 36 heavy (non-hydrogen) atoms. The number of fused-ring (bicyclic) bond motifs is 1. The van der Waals surface area contributed by atoms with Crippen LogP contribution in [0, 0.1) is 13.8 Å². The Kier molecular flexibility index (Phi) is 8.25. The second kappa shape index (κ2) is 11.0. The van der Waals surface area contributed by atoms with Crippen molar-refractivity contribution in [2.45, 2.75) is 59.5 Å². The van der Waals surface area contributed by atoms with E-state index >= 15 is 0 Å². The Balaban J connectivity index is 0.000000658. The maximum atomic E-state index is 13.3. The van der Waals surface area contributed by atoms with Crippen LogP contribution in [-0.4, -0.2) is 40.1 Å². The Morgan fingerprint density at radius 3 is 2.33 bits per heavy atom. The maximum Gasteiger partial charge on any atom is 0.307 e. The Morgan fingerprint density at radius 2 is 1.75 bits per heavy atom. The molecule has 0 saturated heterocycles. The van der Waals surface area contributed by atoms with E-state index in [4.69, 9.17) is 14.6 Å². The van der Waals surface area contributed by atoms with Gasteiger partial charge in [-0.2, -0.15) is 0 Å². The molecule has 0 spiro atoms. The largest absolute Gasteiger partial charge is 0.497 e. The zero-order valence-corrected chi connectivity index (χ0v) is 21.8. The SMILES string of the molecule is CC(C)(C)O.COc1ccc(-n2c(C)c(-c3ccc4c(c3)CCCO4)c(CC(=O)O)c(C)c2=O)cc1. The van der Waals surface area contributed by atoms with E-state index < -0.39 is 11.6 Å². The maximum absolute atomic E-state index is 13.3. The van der Waals surface area contributed by atoms with Crippen molar-refractivity contribution in [1.29, 1.82) is 0 Å². The van der Waals surface area contributed by atoms with E-state index in [0.29, 0.717) is 34.9 Å². The minimum atomic E-state index is -0.966. The molecule has 0 saturated carbocycles. The van der Waals surface area contributed by atoms with Crippen molar-refractivity contribution in [2.75, 3.05) is 13.7 Å². The summed E-state index contributed by atoms with van der Waals surface area (Å²) in [7, 11) is 1.59. The number of pyridine rings is 1.